The first-order chi connectivity index (χ1) is 8.02. The average molecular weight is 239 g/mol. The Balaban J connectivity index is 2.50. The summed E-state index contributed by atoms with van der Waals surface area (Å²) in [6, 6.07) is 4.25. The number of hydrogen-bond acceptors (Lipinski definition) is 4. The van der Waals surface area contributed by atoms with Crippen LogP contribution in [0.4, 0.5) is 0 Å². The average Bonchev–Trinajstić information content (AvgIpc) is 2.27. The molecular formula is C12H17NO4. The molecule has 5 nitrogen and oxygen atoms in total. The molecule has 0 spiro atoms. The topological polar surface area (TPSA) is 78.8 Å². The summed E-state index contributed by atoms with van der Waals surface area (Å²) in [4.78, 5) is 11.6. The van der Waals surface area contributed by atoms with Crippen molar-refractivity contribution in [1.29, 1.82) is 0 Å². The van der Waals surface area contributed by atoms with Gasteiger partial charge < -0.3 is 20.3 Å². The molecule has 0 fully saturated rings. The van der Waals surface area contributed by atoms with Crippen LogP contribution < -0.4 is 5.32 Å². The van der Waals surface area contributed by atoms with Crippen LogP contribution in [0.5, 0.6) is 11.5 Å². The van der Waals surface area contributed by atoms with E-state index in [-0.39, 0.29) is 17.4 Å². The molecule has 1 aromatic carbocycles. The molecule has 3 N–H and O–H groups in total. The molecule has 0 aliphatic carbocycles. The number of nitrogens with one attached hydrogen (secondary N) is 1. The van der Waals surface area contributed by atoms with Crippen molar-refractivity contribution in [3.63, 3.8) is 0 Å². The van der Waals surface area contributed by atoms with E-state index < -0.39 is 11.7 Å². The van der Waals surface area contributed by atoms with Crippen molar-refractivity contribution >= 4 is 5.91 Å². The lowest BCUT2D eigenvalue weighted by Crippen LogP contribution is -2.28. The van der Waals surface area contributed by atoms with Crippen molar-refractivity contribution in [2.75, 3.05) is 13.2 Å². The number of rotatable bonds is 5. The zero-order valence-electron chi connectivity index (χ0n) is 9.93. The smallest absolute Gasteiger partial charge is 0.255 e. The lowest BCUT2D eigenvalue weighted by Gasteiger charge is -2.09. The lowest BCUT2D eigenvalue weighted by molar-refractivity contribution is 0.0745. The standard InChI is InChI=1S/C12H17NO4/c1-8(2)17-7-6-13-12(16)9-4-3-5-10(14)11(9)15/h3-5,8,14-15H,6-7H2,1-2H3,(H,13,16). The molecule has 0 atom stereocenters. The summed E-state index contributed by atoms with van der Waals surface area (Å²) in [5.41, 5.74) is 0.0505. The van der Waals surface area contributed by atoms with E-state index in [1.165, 1.54) is 18.2 Å². The number of benzene rings is 1. The van der Waals surface area contributed by atoms with Gasteiger partial charge in [0.05, 0.1) is 18.3 Å². The van der Waals surface area contributed by atoms with E-state index in [2.05, 4.69) is 5.32 Å². The molecule has 5 heteroatoms. The summed E-state index contributed by atoms with van der Waals surface area (Å²) in [7, 11) is 0. The van der Waals surface area contributed by atoms with Crippen molar-refractivity contribution in [3.8, 4) is 11.5 Å². The van der Waals surface area contributed by atoms with Gasteiger partial charge in [-0.3, -0.25) is 4.79 Å². The Labute approximate surface area is 100 Å². The molecule has 0 radical (unpaired) electrons. The van der Waals surface area contributed by atoms with Crippen molar-refractivity contribution < 1.29 is 19.7 Å². The molecule has 94 valence electrons. The Morgan fingerprint density at radius 3 is 2.76 bits per heavy atom. The predicted octanol–water partition coefficient (Wildman–Crippen LogP) is 1.25. The molecule has 0 saturated carbocycles. The molecule has 1 aromatic rings. The molecule has 0 bridgehead atoms. The van der Waals surface area contributed by atoms with Crippen molar-refractivity contribution in [2.24, 2.45) is 0 Å². The number of phenolic OH excluding ortho intramolecular Hbond substituents is 2. The molecular weight excluding hydrogens is 222 g/mol. The maximum absolute atomic E-state index is 11.6. The van der Waals surface area contributed by atoms with Gasteiger partial charge in [0.2, 0.25) is 0 Å². The number of amides is 1. The Morgan fingerprint density at radius 2 is 2.12 bits per heavy atom. The fraction of sp³-hybridized carbons (Fsp3) is 0.417. The molecule has 0 aliphatic rings. The first kappa shape index (κ1) is 13.3. The number of para-hydroxylation sites is 1. The Bertz CT molecular complexity index is 390. The van der Waals surface area contributed by atoms with Gasteiger partial charge in [-0.25, -0.2) is 0 Å². The van der Waals surface area contributed by atoms with E-state index in [1.54, 1.807) is 0 Å². The Hall–Kier alpha value is -1.75. The maximum Gasteiger partial charge on any atom is 0.255 e. The van der Waals surface area contributed by atoms with Gasteiger partial charge in [-0.05, 0) is 26.0 Å². The van der Waals surface area contributed by atoms with Gasteiger partial charge in [0.1, 0.15) is 0 Å². The highest BCUT2D eigenvalue weighted by Gasteiger charge is 2.12. The SMILES string of the molecule is CC(C)OCCNC(=O)c1cccc(O)c1O. The first-order valence-electron chi connectivity index (χ1n) is 5.43. The van der Waals surface area contributed by atoms with Gasteiger partial charge in [0.25, 0.3) is 5.91 Å². The minimum absolute atomic E-state index is 0.0505. The van der Waals surface area contributed by atoms with Crippen LogP contribution in [-0.4, -0.2) is 35.4 Å². The van der Waals surface area contributed by atoms with Crippen LogP contribution >= 0.6 is 0 Å². The minimum Gasteiger partial charge on any atom is -0.504 e. The summed E-state index contributed by atoms with van der Waals surface area (Å²) in [5, 5.41) is 21.3. The predicted molar refractivity (Wildman–Crippen MR) is 63.2 cm³/mol. The molecule has 0 saturated heterocycles. The van der Waals surface area contributed by atoms with Crippen LogP contribution in [0, 0.1) is 0 Å². The highest BCUT2D eigenvalue weighted by atomic mass is 16.5. The van der Waals surface area contributed by atoms with Crippen LogP contribution in [0.1, 0.15) is 24.2 Å². The highest BCUT2D eigenvalue weighted by molar-refractivity contribution is 5.97. The van der Waals surface area contributed by atoms with Gasteiger partial charge in [0, 0.05) is 6.54 Å². The Morgan fingerprint density at radius 1 is 1.41 bits per heavy atom. The number of aromatic hydroxyl groups is 2. The van der Waals surface area contributed by atoms with Gasteiger partial charge in [0.15, 0.2) is 11.5 Å². The quantitative estimate of drug-likeness (QED) is 0.534. The zero-order chi connectivity index (χ0) is 12.8. The number of hydrogen-bond donors (Lipinski definition) is 3. The molecule has 0 aliphatic heterocycles. The van der Waals surface area contributed by atoms with Gasteiger partial charge in [-0.15, -0.1) is 0 Å². The fourth-order valence-corrected chi connectivity index (χ4v) is 1.27. The van der Waals surface area contributed by atoms with Gasteiger partial charge in [-0.1, -0.05) is 6.07 Å². The van der Waals surface area contributed by atoms with Crippen LogP contribution in [0.25, 0.3) is 0 Å². The van der Waals surface area contributed by atoms with E-state index >= 15 is 0 Å². The third-order valence-electron chi connectivity index (χ3n) is 2.10. The lowest BCUT2D eigenvalue weighted by atomic mass is 10.1. The summed E-state index contributed by atoms with van der Waals surface area (Å²) < 4.78 is 5.26. The van der Waals surface area contributed by atoms with Crippen LogP contribution in [0.15, 0.2) is 18.2 Å². The number of carbonyl (C=O) groups is 1. The molecule has 1 rings (SSSR count). The highest BCUT2D eigenvalue weighted by Crippen LogP contribution is 2.27. The van der Waals surface area contributed by atoms with E-state index in [0.29, 0.717) is 13.2 Å². The second-order valence-corrected chi connectivity index (χ2v) is 3.85. The number of ether oxygens (including phenoxy) is 1. The van der Waals surface area contributed by atoms with Crippen molar-refractivity contribution in [3.05, 3.63) is 23.8 Å². The van der Waals surface area contributed by atoms with Crippen LogP contribution in [0.2, 0.25) is 0 Å². The van der Waals surface area contributed by atoms with E-state index in [4.69, 9.17) is 4.74 Å². The van der Waals surface area contributed by atoms with Crippen LogP contribution in [-0.2, 0) is 4.74 Å². The summed E-state index contributed by atoms with van der Waals surface area (Å²) in [5.74, 6) is -1.16. The number of carbonyl (C=O) groups excluding carboxylic acids is 1. The molecule has 1 amide bonds. The molecule has 0 heterocycles. The van der Waals surface area contributed by atoms with E-state index in [1.807, 2.05) is 13.8 Å². The van der Waals surface area contributed by atoms with Crippen molar-refractivity contribution in [1.82, 2.24) is 5.32 Å². The first-order valence-corrected chi connectivity index (χ1v) is 5.43. The second kappa shape index (κ2) is 6.10. The normalized spacial score (nSPS) is 10.5. The molecule has 0 unspecified atom stereocenters. The maximum atomic E-state index is 11.6. The van der Waals surface area contributed by atoms with E-state index in [9.17, 15) is 15.0 Å². The third kappa shape index (κ3) is 3.96. The van der Waals surface area contributed by atoms with Crippen LogP contribution in [0.3, 0.4) is 0 Å². The van der Waals surface area contributed by atoms with E-state index in [0.717, 1.165) is 0 Å². The third-order valence-corrected chi connectivity index (χ3v) is 2.10. The van der Waals surface area contributed by atoms with Gasteiger partial charge >= 0.3 is 0 Å². The largest absolute Gasteiger partial charge is 0.504 e. The summed E-state index contributed by atoms with van der Waals surface area (Å²) in [6.07, 6.45) is 0.112. The van der Waals surface area contributed by atoms with Gasteiger partial charge in [-0.2, -0.15) is 0 Å². The summed E-state index contributed by atoms with van der Waals surface area (Å²) >= 11 is 0. The minimum atomic E-state index is -0.439. The van der Waals surface area contributed by atoms with Crippen molar-refractivity contribution in [2.45, 2.75) is 20.0 Å². The molecule has 0 aromatic heterocycles. The summed E-state index contributed by atoms with van der Waals surface area (Å²) in [6.45, 7) is 4.57. The number of phenols is 2. The zero-order valence-corrected chi connectivity index (χ0v) is 9.93. The fourth-order valence-electron chi connectivity index (χ4n) is 1.27. The second-order valence-electron chi connectivity index (χ2n) is 3.85. The Kier molecular flexibility index (Phi) is 4.78. The molecule has 17 heavy (non-hydrogen) atoms. The monoisotopic (exact) mass is 239 g/mol.